The molecule has 0 aliphatic heterocycles. The summed E-state index contributed by atoms with van der Waals surface area (Å²) in [4.78, 5) is 17.3. The molecular formula is C9H13AgN2O3. The van der Waals surface area contributed by atoms with E-state index in [1.165, 1.54) is 6.33 Å². The third kappa shape index (κ3) is 9.55. The summed E-state index contributed by atoms with van der Waals surface area (Å²) in [5.74, 6) is -1.45. The van der Waals surface area contributed by atoms with Gasteiger partial charge in [0.1, 0.15) is 6.33 Å². The number of carboxylic acid groups (broad SMARTS) is 1. The zero-order valence-corrected chi connectivity index (χ0v) is 10.2. The van der Waals surface area contributed by atoms with Gasteiger partial charge in [-0.05, 0) is 26.8 Å². The summed E-state index contributed by atoms with van der Waals surface area (Å²) in [5.41, 5.74) is -0.685. The summed E-state index contributed by atoms with van der Waals surface area (Å²) in [6.07, 6.45) is 3.26. The van der Waals surface area contributed by atoms with Gasteiger partial charge in [0.05, 0.1) is 11.6 Å². The van der Waals surface area contributed by atoms with Gasteiger partial charge in [-0.3, -0.25) is 0 Å². The maximum Gasteiger partial charge on any atom is 1.00 e. The number of carboxylic acids is 1. The number of nitrogens with zero attached hydrogens (tertiary/aromatic N) is 2. The molecule has 1 aromatic rings. The van der Waals surface area contributed by atoms with E-state index < -0.39 is 11.6 Å². The summed E-state index contributed by atoms with van der Waals surface area (Å²) in [5, 5.41) is 18.1. The van der Waals surface area contributed by atoms with Crippen molar-refractivity contribution in [3.05, 3.63) is 24.3 Å². The predicted molar refractivity (Wildman–Crippen MR) is 48.1 cm³/mol. The molecule has 0 amide bonds. The molecular weight excluding hydrogens is 292 g/mol. The number of aryl methyl sites for hydroxylation is 1. The fraction of sp³-hybridized carbons (Fsp3) is 0.444. The first kappa shape index (κ1) is 16.7. The normalized spacial score (nSPS) is 9.33. The topological polar surface area (TPSA) is 86.1 Å². The fourth-order valence-electron chi connectivity index (χ4n) is 0.357. The number of aliphatic carboxylic acids is 1. The molecule has 88 valence electrons. The average molecular weight is 305 g/mol. The Hall–Kier alpha value is -0.750. The van der Waals surface area contributed by atoms with Gasteiger partial charge >= 0.3 is 22.4 Å². The minimum absolute atomic E-state index is 0. The number of rotatable bonds is 1. The standard InChI is InChI=1S/C5H6N2.C4H8O3.Ag/c1-5-2-3-6-4-7-5;1-4(2,7)3(5)6;/h2-4H,1H3;7H,1-2H3,(H,5,6);/q;;+1/p-1. The Morgan fingerprint density at radius 1 is 1.53 bits per heavy atom. The number of carbonyl (C=O) groups excluding carboxylic acids is 1. The number of aromatic nitrogens is 2. The summed E-state index contributed by atoms with van der Waals surface area (Å²) < 4.78 is 0. The molecule has 0 fully saturated rings. The molecule has 5 nitrogen and oxygen atoms in total. The number of hydrogen-bond acceptors (Lipinski definition) is 5. The van der Waals surface area contributed by atoms with Crippen molar-refractivity contribution in [1.82, 2.24) is 9.97 Å². The maximum absolute atomic E-state index is 9.66. The number of hydrogen-bond donors (Lipinski definition) is 1. The van der Waals surface area contributed by atoms with Gasteiger partial charge in [-0.2, -0.15) is 0 Å². The van der Waals surface area contributed by atoms with E-state index in [1.807, 2.05) is 13.0 Å². The van der Waals surface area contributed by atoms with Crippen LogP contribution in [0.3, 0.4) is 0 Å². The van der Waals surface area contributed by atoms with Crippen LogP contribution < -0.4 is 5.11 Å². The minimum Gasteiger partial charge on any atom is -0.547 e. The summed E-state index contributed by atoms with van der Waals surface area (Å²) >= 11 is 0. The fourth-order valence-corrected chi connectivity index (χ4v) is 0.357. The Morgan fingerprint density at radius 3 is 2.13 bits per heavy atom. The van der Waals surface area contributed by atoms with Crippen molar-refractivity contribution in [2.24, 2.45) is 0 Å². The monoisotopic (exact) mass is 304 g/mol. The first-order valence-electron chi connectivity index (χ1n) is 4.00. The Balaban J connectivity index is 0. The molecule has 1 aromatic heterocycles. The summed E-state index contributed by atoms with van der Waals surface area (Å²) in [6, 6.07) is 1.86. The molecule has 1 rings (SSSR count). The van der Waals surface area contributed by atoms with Crippen LogP contribution in [-0.4, -0.2) is 26.6 Å². The van der Waals surface area contributed by atoms with Crippen LogP contribution in [0.5, 0.6) is 0 Å². The maximum atomic E-state index is 9.66. The van der Waals surface area contributed by atoms with Crippen LogP contribution in [0.4, 0.5) is 0 Å². The van der Waals surface area contributed by atoms with Crippen molar-refractivity contribution >= 4 is 5.97 Å². The Labute approximate surface area is 104 Å². The smallest absolute Gasteiger partial charge is 0.547 e. The van der Waals surface area contributed by atoms with E-state index in [2.05, 4.69) is 9.97 Å². The van der Waals surface area contributed by atoms with Gasteiger partial charge in [0.2, 0.25) is 0 Å². The van der Waals surface area contributed by atoms with Crippen LogP contribution in [0.1, 0.15) is 19.5 Å². The van der Waals surface area contributed by atoms with Crippen molar-refractivity contribution in [2.75, 3.05) is 0 Å². The second-order valence-corrected chi connectivity index (χ2v) is 3.20. The van der Waals surface area contributed by atoms with Crippen LogP contribution >= 0.6 is 0 Å². The molecule has 15 heavy (non-hydrogen) atoms. The van der Waals surface area contributed by atoms with E-state index in [4.69, 9.17) is 5.11 Å². The second kappa shape index (κ2) is 7.53. The predicted octanol–water partition coefficient (Wildman–Crippen LogP) is -0.710. The molecule has 0 radical (unpaired) electrons. The zero-order chi connectivity index (χ0) is 11.2. The van der Waals surface area contributed by atoms with E-state index in [0.29, 0.717) is 0 Å². The van der Waals surface area contributed by atoms with Crippen LogP contribution in [0.15, 0.2) is 18.6 Å². The van der Waals surface area contributed by atoms with Crippen molar-refractivity contribution in [2.45, 2.75) is 26.4 Å². The van der Waals surface area contributed by atoms with E-state index in [9.17, 15) is 9.90 Å². The van der Waals surface area contributed by atoms with Crippen LogP contribution in [0.25, 0.3) is 0 Å². The molecule has 0 unspecified atom stereocenters. The van der Waals surface area contributed by atoms with Gasteiger partial charge in [-0.1, -0.05) is 0 Å². The molecule has 0 atom stereocenters. The van der Waals surface area contributed by atoms with Crippen LogP contribution in [0, 0.1) is 6.92 Å². The molecule has 0 aliphatic carbocycles. The summed E-state index contributed by atoms with van der Waals surface area (Å²) in [6.45, 7) is 4.24. The molecule has 0 spiro atoms. The Bertz CT molecular complexity index is 285. The first-order chi connectivity index (χ1) is 6.34. The Morgan fingerprint density at radius 2 is 2.00 bits per heavy atom. The second-order valence-electron chi connectivity index (χ2n) is 3.20. The first-order valence-corrected chi connectivity index (χ1v) is 4.00. The summed E-state index contributed by atoms with van der Waals surface area (Å²) in [7, 11) is 0. The zero-order valence-electron chi connectivity index (χ0n) is 8.69. The van der Waals surface area contributed by atoms with E-state index in [-0.39, 0.29) is 22.4 Å². The van der Waals surface area contributed by atoms with Crippen molar-refractivity contribution < 1.29 is 37.4 Å². The SMILES string of the molecule is CC(C)(O)C(=O)[O-].Cc1ccncn1.[Ag+]. The van der Waals surface area contributed by atoms with Crippen LogP contribution in [-0.2, 0) is 27.2 Å². The number of carbonyl (C=O) groups is 1. The third-order valence-electron chi connectivity index (χ3n) is 1.23. The quantitative estimate of drug-likeness (QED) is 0.693. The van der Waals surface area contributed by atoms with E-state index >= 15 is 0 Å². The minimum atomic E-state index is -1.69. The van der Waals surface area contributed by atoms with Gasteiger partial charge in [-0.25, -0.2) is 9.97 Å². The van der Waals surface area contributed by atoms with Gasteiger partial charge in [0.15, 0.2) is 0 Å². The van der Waals surface area contributed by atoms with Crippen molar-refractivity contribution in [3.8, 4) is 0 Å². The molecule has 0 aromatic carbocycles. The molecule has 1 N–H and O–H groups in total. The molecule has 0 saturated heterocycles. The van der Waals surface area contributed by atoms with Crippen LogP contribution in [0.2, 0.25) is 0 Å². The average Bonchev–Trinajstić information content (AvgIpc) is 2.04. The van der Waals surface area contributed by atoms with Gasteiger partial charge in [0.25, 0.3) is 0 Å². The number of aliphatic hydroxyl groups is 1. The third-order valence-corrected chi connectivity index (χ3v) is 1.23. The molecule has 0 saturated carbocycles. The van der Waals surface area contributed by atoms with Gasteiger partial charge in [-0.15, -0.1) is 0 Å². The van der Waals surface area contributed by atoms with Crippen molar-refractivity contribution in [1.29, 1.82) is 0 Å². The molecule has 0 bridgehead atoms. The Kier molecular flexibility index (Phi) is 8.37. The largest absolute Gasteiger partial charge is 1.00 e. The molecule has 6 heteroatoms. The van der Waals surface area contributed by atoms with Gasteiger partial charge < -0.3 is 15.0 Å². The van der Waals surface area contributed by atoms with Crippen molar-refractivity contribution in [3.63, 3.8) is 0 Å². The van der Waals surface area contributed by atoms with Gasteiger partial charge in [0, 0.05) is 11.9 Å². The van der Waals surface area contributed by atoms with E-state index in [0.717, 1.165) is 19.5 Å². The molecule has 0 aliphatic rings. The molecule has 1 heterocycles. The van der Waals surface area contributed by atoms with E-state index in [1.54, 1.807) is 6.20 Å².